The van der Waals surface area contributed by atoms with E-state index in [0.717, 1.165) is 38.2 Å². The molecule has 4 rings (SSSR count). The molecule has 0 atom stereocenters. The fourth-order valence-corrected chi connectivity index (χ4v) is 5.42. The smallest absolute Gasteiger partial charge is 0.303 e. The summed E-state index contributed by atoms with van der Waals surface area (Å²) >= 11 is 8.32. The predicted molar refractivity (Wildman–Crippen MR) is 121 cm³/mol. The first-order chi connectivity index (χ1) is 14.5. The van der Waals surface area contributed by atoms with E-state index in [1.807, 2.05) is 24.3 Å². The number of hydrogen-bond acceptors (Lipinski definition) is 7. The zero-order valence-corrected chi connectivity index (χ0v) is 18.4. The number of benzene rings is 1. The zero-order valence-electron chi connectivity index (χ0n) is 15.9. The molecule has 154 valence electrons. The van der Waals surface area contributed by atoms with Crippen LogP contribution in [-0.2, 0) is 11.3 Å². The van der Waals surface area contributed by atoms with Gasteiger partial charge in [0.15, 0.2) is 3.95 Å². The van der Waals surface area contributed by atoms with Crippen LogP contribution in [0.4, 0.5) is 0 Å². The Morgan fingerprint density at radius 3 is 2.93 bits per heavy atom. The van der Waals surface area contributed by atoms with Gasteiger partial charge in [-0.05, 0) is 55.4 Å². The lowest BCUT2D eigenvalue weighted by Gasteiger charge is -2.04. The van der Waals surface area contributed by atoms with Crippen LogP contribution in [-0.4, -0.2) is 25.7 Å². The minimum absolute atomic E-state index is 0.155. The molecule has 0 saturated heterocycles. The van der Waals surface area contributed by atoms with Crippen molar-refractivity contribution >= 4 is 53.0 Å². The Labute approximate surface area is 185 Å². The van der Waals surface area contributed by atoms with Crippen LogP contribution in [0.1, 0.15) is 36.1 Å². The summed E-state index contributed by atoms with van der Waals surface area (Å²) in [5, 5.41) is 21.3. The van der Waals surface area contributed by atoms with Crippen molar-refractivity contribution in [1.29, 1.82) is 0 Å². The van der Waals surface area contributed by atoms with Gasteiger partial charge in [-0.25, -0.2) is 4.98 Å². The van der Waals surface area contributed by atoms with Gasteiger partial charge in [0.25, 0.3) is 0 Å². The number of fused-ring (bicyclic) bond motifs is 1. The number of carboxylic acid groups (broad SMARTS) is 1. The fourth-order valence-electron chi connectivity index (χ4n) is 3.18. The maximum atomic E-state index is 10.6. The summed E-state index contributed by atoms with van der Waals surface area (Å²) in [5.74, 6) is -0.625. The van der Waals surface area contributed by atoms with E-state index in [2.05, 4.69) is 16.0 Å². The van der Waals surface area contributed by atoms with Gasteiger partial charge in [0, 0.05) is 40.7 Å². The molecule has 3 heterocycles. The van der Waals surface area contributed by atoms with Crippen molar-refractivity contribution in [3.05, 3.63) is 64.8 Å². The summed E-state index contributed by atoms with van der Waals surface area (Å²) in [5.41, 5.74) is 1.09. The van der Waals surface area contributed by atoms with E-state index in [0.29, 0.717) is 21.8 Å². The van der Waals surface area contributed by atoms with Gasteiger partial charge in [-0.15, -0.1) is 22.7 Å². The first-order valence-electron chi connectivity index (χ1n) is 9.48. The van der Waals surface area contributed by atoms with Gasteiger partial charge in [-0.2, -0.15) is 0 Å². The van der Waals surface area contributed by atoms with Crippen molar-refractivity contribution in [1.82, 2.24) is 9.55 Å². The molecule has 0 bridgehead atoms. The molecule has 0 radical (unpaired) electrons. The predicted octanol–water partition coefficient (Wildman–Crippen LogP) is 3.81. The average molecular weight is 458 g/mol. The Morgan fingerprint density at radius 2 is 2.10 bits per heavy atom. The number of aliphatic carboxylic acids is 1. The monoisotopic (exact) mass is 457 g/mol. The van der Waals surface area contributed by atoms with E-state index >= 15 is 0 Å². The van der Waals surface area contributed by atoms with Crippen LogP contribution in [0.2, 0.25) is 0 Å². The van der Waals surface area contributed by atoms with Crippen LogP contribution in [0.15, 0.2) is 35.6 Å². The first-order valence-corrected chi connectivity index (χ1v) is 11.5. The number of thiazole rings is 2. The number of aromatic hydroxyl groups is 1. The third-order valence-corrected chi connectivity index (χ3v) is 7.08. The molecule has 9 heteroatoms. The summed E-state index contributed by atoms with van der Waals surface area (Å²) in [7, 11) is 0. The molecule has 0 spiro atoms. The van der Waals surface area contributed by atoms with Gasteiger partial charge >= 0.3 is 5.97 Å². The van der Waals surface area contributed by atoms with Crippen molar-refractivity contribution in [2.24, 2.45) is 4.99 Å². The molecule has 6 nitrogen and oxygen atoms in total. The normalized spacial score (nSPS) is 14.1. The highest BCUT2D eigenvalue weighted by Gasteiger charge is 2.10. The molecule has 2 N–H and O–H groups in total. The summed E-state index contributed by atoms with van der Waals surface area (Å²) < 4.78 is 4.16. The fraction of sp³-hybridized carbons (Fsp3) is 0.238. The van der Waals surface area contributed by atoms with E-state index in [1.165, 1.54) is 11.3 Å². The highest BCUT2D eigenvalue weighted by molar-refractivity contribution is 7.73. The lowest BCUT2D eigenvalue weighted by molar-refractivity contribution is -0.137. The topological polar surface area (TPSA) is 87.7 Å². The highest BCUT2D eigenvalue weighted by atomic mass is 32.1. The van der Waals surface area contributed by atoms with Gasteiger partial charge in [0.2, 0.25) is 5.88 Å². The number of unbranched alkanes of at least 4 members (excludes halogenated alkanes) is 2. The van der Waals surface area contributed by atoms with E-state index in [9.17, 15) is 9.90 Å². The van der Waals surface area contributed by atoms with Crippen molar-refractivity contribution in [2.75, 3.05) is 0 Å². The largest absolute Gasteiger partial charge is 0.493 e. The van der Waals surface area contributed by atoms with E-state index < -0.39 is 5.97 Å². The molecule has 0 amide bonds. The van der Waals surface area contributed by atoms with Gasteiger partial charge in [0.05, 0.1) is 10.2 Å². The SMILES string of the molecule is O=C(O)CCCCCn1c(O)c(C=c2cnc(=c3ccc4c(c3)C=CN=4)s2)sc1=S. The van der Waals surface area contributed by atoms with E-state index in [1.54, 1.807) is 28.3 Å². The molecule has 1 aliphatic heterocycles. The minimum Gasteiger partial charge on any atom is -0.493 e. The van der Waals surface area contributed by atoms with Crippen LogP contribution in [0, 0.1) is 13.8 Å². The molecular formula is C21H19N3O3S3. The lowest BCUT2D eigenvalue weighted by Crippen LogP contribution is -2.00. The van der Waals surface area contributed by atoms with Crippen molar-refractivity contribution in [3.63, 3.8) is 0 Å². The van der Waals surface area contributed by atoms with Gasteiger partial charge < -0.3 is 10.2 Å². The maximum absolute atomic E-state index is 10.6. The molecule has 0 aliphatic carbocycles. The molecule has 30 heavy (non-hydrogen) atoms. The summed E-state index contributed by atoms with van der Waals surface area (Å²) in [4.78, 5) is 20.1. The van der Waals surface area contributed by atoms with Crippen molar-refractivity contribution < 1.29 is 15.0 Å². The number of carboxylic acids is 1. The lowest BCUT2D eigenvalue weighted by atomic mass is 10.2. The molecule has 1 aromatic carbocycles. The number of carbonyl (C=O) groups is 1. The molecule has 2 aromatic heterocycles. The molecule has 0 saturated carbocycles. The molecular weight excluding hydrogens is 438 g/mol. The second-order valence-electron chi connectivity index (χ2n) is 6.84. The third-order valence-electron chi connectivity index (χ3n) is 4.71. The summed E-state index contributed by atoms with van der Waals surface area (Å²) in [6, 6.07) is 6.08. The Bertz CT molecular complexity index is 1400. The van der Waals surface area contributed by atoms with Crippen LogP contribution in [0.3, 0.4) is 0 Å². The van der Waals surface area contributed by atoms with Gasteiger partial charge in [0.1, 0.15) is 4.66 Å². The van der Waals surface area contributed by atoms with E-state index in [4.69, 9.17) is 17.3 Å². The van der Waals surface area contributed by atoms with E-state index in [-0.39, 0.29) is 12.3 Å². The standard InChI is InChI=1S/C21H19N3O3S3/c25-18(26)4-2-1-3-9-24-20(27)17(30-21(24)28)11-15-12-23-19(29-15)14-5-6-16-13(10-14)7-8-22-16/h5-8,10-12,27H,1-4,9H2,(H,25,26). The zero-order chi connectivity index (χ0) is 21.1. The Hall–Kier alpha value is -2.62. The molecule has 0 fully saturated rings. The maximum Gasteiger partial charge on any atom is 0.303 e. The minimum atomic E-state index is -0.780. The quantitative estimate of drug-likeness (QED) is 0.416. The molecule has 0 unspecified atom stereocenters. The first kappa shape index (κ1) is 20.6. The Morgan fingerprint density at radius 1 is 1.23 bits per heavy atom. The average Bonchev–Trinajstić information content (AvgIpc) is 3.43. The van der Waals surface area contributed by atoms with Crippen LogP contribution in [0.5, 0.6) is 5.88 Å². The molecule has 3 aromatic rings. The number of nitrogens with zero attached hydrogens (tertiary/aromatic N) is 3. The molecule has 1 aliphatic rings. The third kappa shape index (κ3) is 4.58. The number of aromatic nitrogens is 2. The number of rotatable bonds is 7. The highest BCUT2D eigenvalue weighted by Crippen LogP contribution is 2.27. The van der Waals surface area contributed by atoms with Gasteiger partial charge in [-0.1, -0.05) is 6.42 Å². The second-order valence-corrected chi connectivity index (χ2v) is 9.58. The number of hydrogen-bond donors (Lipinski definition) is 2. The summed E-state index contributed by atoms with van der Waals surface area (Å²) in [6.45, 7) is 0.580. The second kappa shape index (κ2) is 9.03. The van der Waals surface area contributed by atoms with Crippen molar-refractivity contribution in [2.45, 2.75) is 32.2 Å². The van der Waals surface area contributed by atoms with Crippen LogP contribution >= 0.6 is 34.9 Å². The Kier molecular flexibility index (Phi) is 6.21. The Balaban J connectivity index is 1.57. The summed E-state index contributed by atoms with van der Waals surface area (Å²) in [6.07, 6.45) is 9.83. The van der Waals surface area contributed by atoms with Crippen molar-refractivity contribution in [3.8, 4) is 5.88 Å². The van der Waals surface area contributed by atoms with Crippen LogP contribution < -0.4 is 9.89 Å². The van der Waals surface area contributed by atoms with Crippen LogP contribution in [0.25, 0.3) is 12.2 Å². The van der Waals surface area contributed by atoms with Gasteiger partial charge in [-0.3, -0.25) is 14.4 Å².